The second kappa shape index (κ2) is 8.31. The van der Waals surface area contributed by atoms with Crippen molar-refractivity contribution >= 4 is 34.5 Å². The maximum absolute atomic E-state index is 14.4. The van der Waals surface area contributed by atoms with E-state index in [1.165, 1.54) is 18.2 Å². The van der Waals surface area contributed by atoms with Gasteiger partial charge in [-0.15, -0.1) is 0 Å². The van der Waals surface area contributed by atoms with Crippen LogP contribution in [0, 0.1) is 17.5 Å². The molecule has 154 valence electrons. The molecule has 0 aliphatic carbocycles. The molecule has 0 spiro atoms. The fourth-order valence-electron chi connectivity index (χ4n) is 3.41. The Bertz CT molecular complexity index is 1140. The Morgan fingerprint density at radius 2 is 2.03 bits per heavy atom. The molecule has 0 saturated heterocycles. The maximum atomic E-state index is 14.4. The minimum Gasteiger partial charge on any atom is -0.411 e. The van der Waals surface area contributed by atoms with E-state index in [1.807, 2.05) is 6.08 Å². The SMILES string of the molecule is O/N=C(\Cc1ccc(F)c(Cl)c1)c1cc(F)c(F)c2c1CC(=NCC1=NC=CC1)N2. The first kappa shape index (κ1) is 20.2. The largest absolute Gasteiger partial charge is 0.411 e. The first-order valence-electron chi connectivity index (χ1n) is 9.13. The monoisotopic (exact) mass is 432 g/mol. The molecule has 0 saturated carbocycles. The topological polar surface area (TPSA) is 69.3 Å². The Labute approximate surface area is 175 Å². The predicted octanol–water partition coefficient (Wildman–Crippen LogP) is 4.90. The Hall–Kier alpha value is -3.13. The lowest BCUT2D eigenvalue weighted by atomic mass is 9.95. The van der Waals surface area contributed by atoms with Gasteiger partial charge < -0.3 is 10.5 Å². The lowest BCUT2D eigenvalue weighted by Gasteiger charge is -2.11. The molecule has 0 fully saturated rings. The maximum Gasteiger partial charge on any atom is 0.182 e. The summed E-state index contributed by atoms with van der Waals surface area (Å²) in [6.07, 6.45) is 4.57. The standard InChI is InChI=1S/C21H16ClF3N4O/c22-15-6-11(3-4-16(15)23)7-18(29-30)13-8-17(24)20(25)21-14(13)9-19(28-21)27-10-12-2-1-5-26-12/h1,3-6,8,30H,2,7,9-10H2,(H,27,28)/b29-18+. The van der Waals surface area contributed by atoms with Crippen LogP contribution in [0.5, 0.6) is 0 Å². The molecule has 0 aromatic heterocycles. The van der Waals surface area contributed by atoms with Crippen LogP contribution in [0.4, 0.5) is 18.9 Å². The van der Waals surface area contributed by atoms with Crippen molar-refractivity contribution < 1.29 is 18.4 Å². The van der Waals surface area contributed by atoms with Crippen molar-refractivity contribution in [3.05, 3.63) is 75.7 Å². The molecule has 2 N–H and O–H groups in total. The van der Waals surface area contributed by atoms with Gasteiger partial charge in [-0.2, -0.15) is 0 Å². The van der Waals surface area contributed by atoms with E-state index in [4.69, 9.17) is 11.6 Å². The number of rotatable bonds is 5. The summed E-state index contributed by atoms with van der Waals surface area (Å²) in [6.45, 7) is 0.345. The third-order valence-electron chi connectivity index (χ3n) is 4.90. The molecular weight excluding hydrogens is 417 g/mol. The van der Waals surface area contributed by atoms with Crippen molar-refractivity contribution in [1.29, 1.82) is 0 Å². The summed E-state index contributed by atoms with van der Waals surface area (Å²) in [5.41, 5.74) is 2.16. The van der Waals surface area contributed by atoms with E-state index in [0.29, 0.717) is 29.9 Å². The number of hydrogen-bond acceptors (Lipinski definition) is 4. The summed E-state index contributed by atoms with van der Waals surface area (Å²) in [5.74, 6) is -2.22. The molecule has 9 heteroatoms. The van der Waals surface area contributed by atoms with Gasteiger partial charge >= 0.3 is 0 Å². The van der Waals surface area contributed by atoms with Crippen molar-refractivity contribution in [2.24, 2.45) is 15.1 Å². The van der Waals surface area contributed by atoms with E-state index < -0.39 is 17.5 Å². The molecule has 4 rings (SSSR count). The number of amidine groups is 1. The van der Waals surface area contributed by atoms with Crippen LogP contribution in [-0.4, -0.2) is 29.0 Å². The second-order valence-corrected chi connectivity index (χ2v) is 7.30. The van der Waals surface area contributed by atoms with Gasteiger partial charge in [-0.3, -0.25) is 9.98 Å². The summed E-state index contributed by atoms with van der Waals surface area (Å²) in [7, 11) is 0. The van der Waals surface area contributed by atoms with Gasteiger partial charge in [0.1, 0.15) is 11.7 Å². The number of nitrogens with one attached hydrogen (secondary N) is 1. The van der Waals surface area contributed by atoms with Crippen LogP contribution < -0.4 is 5.32 Å². The van der Waals surface area contributed by atoms with E-state index in [1.54, 1.807) is 6.20 Å². The summed E-state index contributed by atoms with van der Waals surface area (Å²) in [6, 6.07) is 5.05. The Balaban J connectivity index is 1.64. The number of halogens is 4. The van der Waals surface area contributed by atoms with Crippen LogP contribution in [-0.2, 0) is 12.8 Å². The van der Waals surface area contributed by atoms with Crippen molar-refractivity contribution in [3.8, 4) is 0 Å². The number of hydrogen-bond donors (Lipinski definition) is 2. The molecule has 0 bridgehead atoms. The zero-order valence-corrected chi connectivity index (χ0v) is 16.3. The van der Waals surface area contributed by atoms with E-state index in [0.717, 1.165) is 11.8 Å². The Morgan fingerprint density at radius 1 is 1.20 bits per heavy atom. The molecule has 0 radical (unpaired) electrons. The van der Waals surface area contributed by atoms with Crippen LogP contribution in [0.3, 0.4) is 0 Å². The highest BCUT2D eigenvalue weighted by Crippen LogP contribution is 2.33. The van der Waals surface area contributed by atoms with E-state index in [-0.39, 0.29) is 34.8 Å². The zero-order valence-electron chi connectivity index (χ0n) is 15.6. The molecule has 2 aromatic carbocycles. The highest BCUT2D eigenvalue weighted by Gasteiger charge is 2.28. The fourth-order valence-corrected chi connectivity index (χ4v) is 3.61. The van der Waals surface area contributed by atoms with Crippen molar-refractivity contribution in [1.82, 2.24) is 0 Å². The van der Waals surface area contributed by atoms with Gasteiger partial charge in [0.05, 0.1) is 23.0 Å². The van der Waals surface area contributed by atoms with E-state index in [2.05, 4.69) is 20.5 Å². The quantitative estimate of drug-likeness (QED) is 0.400. The number of nitrogens with zero attached hydrogens (tertiary/aromatic N) is 3. The number of fused-ring (bicyclic) bond motifs is 1. The minimum absolute atomic E-state index is 0.0338. The molecule has 2 aliphatic rings. The van der Waals surface area contributed by atoms with E-state index >= 15 is 0 Å². The lowest BCUT2D eigenvalue weighted by molar-refractivity contribution is 0.318. The third-order valence-corrected chi connectivity index (χ3v) is 5.19. The van der Waals surface area contributed by atoms with Gasteiger partial charge in [0.15, 0.2) is 11.6 Å². The van der Waals surface area contributed by atoms with Gasteiger partial charge in [0, 0.05) is 36.7 Å². The molecule has 2 aromatic rings. The van der Waals surface area contributed by atoms with Crippen molar-refractivity contribution in [2.75, 3.05) is 11.9 Å². The summed E-state index contributed by atoms with van der Waals surface area (Å²) < 4.78 is 42.1. The Kier molecular flexibility index (Phi) is 5.59. The van der Waals surface area contributed by atoms with Gasteiger partial charge in [-0.25, -0.2) is 13.2 Å². The van der Waals surface area contributed by atoms with Crippen molar-refractivity contribution in [2.45, 2.75) is 19.3 Å². The Morgan fingerprint density at radius 3 is 2.73 bits per heavy atom. The van der Waals surface area contributed by atoms with Gasteiger partial charge in [0.25, 0.3) is 0 Å². The number of allylic oxidation sites excluding steroid dienone is 1. The summed E-state index contributed by atoms with van der Waals surface area (Å²) in [5, 5.41) is 15.6. The number of anilines is 1. The van der Waals surface area contributed by atoms with Crippen LogP contribution in [0.1, 0.15) is 23.1 Å². The molecule has 2 aliphatic heterocycles. The third kappa shape index (κ3) is 3.95. The smallest absolute Gasteiger partial charge is 0.182 e. The van der Waals surface area contributed by atoms with Gasteiger partial charge in [-0.1, -0.05) is 28.9 Å². The zero-order chi connectivity index (χ0) is 21.3. The summed E-state index contributed by atoms with van der Waals surface area (Å²) >= 11 is 5.81. The molecule has 2 heterocycles. The van der Waals surface area contributed by atoms with Crippen LogP contribution in [0.2, 0.25) is 5.02 Å². The molecular formula is C21H16ClF3N4O. The van der Waals surface area contributed by atoms with Gasteiger partial charge in [0.2, 0.25) is 0 Å². The molecule has 5 nitrogen and oxygen atoms in total. The van der Waals surface area contributed by atoms with Gasteiger partial charge in [-0.05, 0) is 29.3 Å². The number of oxime groups is 1. The van der Waals surface area contributed by atoms with Crippen LogP contribution in [0.25, 0.3) is 0 Å². The van der Waals surface area contributed by atoms with Crippen LogP contribution in [0.15, 0.2) is 51.7 Å². The lowest BCUT2D eigenvalue weighted by Crippen LogP contribution is -2.11. The molecule has 0 unspecified atom stereocenters. The first-order chi connectivity index (χ1) is 14.5. The minimum atomic E-state index is -1.08. The van der Waals surface area contributed by atoms with E-state index in [9.17, 15) is 18.4 Å². The van der Waals surface area contributed by atoms with Crippen LogP contribution >= 0.6 is 11.6 Å². The normalized spacial score (nSPS) is 16.7. The first-order valence-corrected chi connectivity index (χ1v) is 9.51. The fraction of sp³-hybridized carbons (Fsp3) is 0.190. The number of benzene rings is 2. The average Bonchev–Trinajstić information content (AvgIpc) is 3.40. The van der Waals surface area contributed by atoms with Crippen molar-refractivity contribution in [3.63, 3.8) is 0 Å². The summed E-state index contributed by atoms with van der Waals surface area (Å²) in [4.78, 5) is 8.58. The number of aliphatic imine (C=N–C) groups is 2. The average molecular weight is 433 g/mol. The molecule has 0 amide bonds. The predicted molar refractivity (Wildman–Crippen MR) is 111 cm³/mol. The molecule has 30 heavy (non-hydrogen) atoms. The second-order valence-electron chi connectivity index (χ2n) is 6.89. The molecule has 0 atom stereocenters. The highest BCUT2D eigenvalue weighted by molar-refractivity contribution is 6.30. The highest BCUT2D eigenvalue weighted by atomic mass is 35.5.